The number of aromatic hydroxyl groups is 1. The lowest BCUT2D eigenvalue weighted by Crippen LogP contribution is -2.01. The fourth-order valence-electron chi connectivity index (χ4n) is 1.98. The van der Waals surface area contributed by atoms with E-state index in [9.17, 15) is 18.3 Å². The van der Waals surface area contributed by atoms with Crippen molar-refractivity contribution in [3.05, 3.63) is 46.5 Å². The maximum atomic E-state index is 14.0. The van der Waals surface area contributed by atoms with Crippen LogP contribution in [-0.4, -0.2) is 10.1 Å². The standard InChI is InChI=1S/C14H11ClF3NO/c1-6(2)10-9(16)5-8(13(20)12(10)18)7-3-4-19-14(15)11(7)17/h3-6,20H,1-2H3. The highest BCUT2D eigenvalue weighted by Crippen LogP contribution is 2.38. The van der Waals surface area contributed by atoms with Gasteiger partial charge in [-0.05, 0) is 18.1 Å². The summed E-state index contributed by atoms with van der Waals surface area (Å²) in [4.78, 5) is 3.51. The molecule has 106 valence electrons. The summed E-state index contributed by atoms with van der Waals surface area (Å²) in [6.45, 7) is 3.18. The summed E-state index contributed by atoms with van der Waals surface area (Å²) in [5.41, 5.74) is -0.756. The van der Waals surface area contributed by atoms with Crippen LogP contribution in [0.3, 0.4) is 0 Å². The third-order valence-electron chi connectivity index (χ3n) is 2.94. The minimum atomic E-state index is -1.10. The third-order valence-corrected chi connectivity index (χ3v) is 3.21. The van der Waals surface area contributed by atoms with E-state index in [4.69, 9.17) is 11.6 Å². The summed E-state index contributed by atoms with van der Waals surface area (Å²) >= 11 is 5.52. The van der Waals surface area contributed by atoms with Gasteiger partial charge in [-0.15, -0.1) is 0 Å². The predicted molar refractivity (Wildman–Crippen MR) is 70.3 cm³/mol. The Balaban J connectivity index is 2.74. The van der Waals surface area contributed by atoms with Gasteiger partial charge in [-0.25, -0.2) is 18.2 Å². The van der Waals surface area contributed by atoms with Crippen LogP contribution in [0.15, 0.2) is 18.3 Å². The van der Waals surface area contributed by atoms with Gasteiger partial charge in [-0.2, -0.15) is 0 Å². The summed E-state index contributed by atoms with van der Waals surface area (Å²) < 4.78 is 41.8. The number of benzene rings is 1. The molecule has 1 N–H and O–H groups in total. The zero-order valence-electron chi connectivity index (χ0n) is 10.7. The minimum absolute atomic E-state index is 0.212. The Kier molecular flexibility index (Phi) is 3.90. The van der Waals surface area contributed by atoms with E-state index in [1.54, 1.807) is 13.8 Å². The Morgan fingerprint density at radius 2 is 1.80 bits per heavy atom. The molecular formula is C14H11ClF3NO. The van der Waals surface area contributed by atoms with Crippen molar-refractivity contribution in [2.45, 2.75) is 19.8 Å². The molecule has 2 aromatic rings. The first-order valence-electron chi connectivity index (χ1n) is 5.85. The van der Waals surface area contributed by atoms with Crippen LogP contribution in [0, 0.1) is 17.5 Å². The zero-order chi connectivity index (χ0) is 15.0. The van der Waals surface area contributed by atoms with Gasteiger partial charge in [-0.1, -0.05) is 25.4 Å². The molecule has 1 aromatic heterocycles. The van der Waals surface area contributed by atoms with E-state index in [-0.39, 0.29) is 16.7 Å². The number of nitrogens with zero attached hydrogens (tertiary/aromatic N) is 1. The maximum Gasteiger partial charge on any atom is 0.171 e. The normalized spacial score (nSPS) is 11.2. The molecule has 0 atom stereocenters. The zero-order valence-corrected chi connectivity index (χ0v) is 11.5. The Hall–Kier alpha value is -1.75. The van der Waals surface area contributed by atoms with E-state index in [1.165, 1.54) is 12.3 Å². The molecule has 0 fully saturated rings. The molecule has 0 radical (unpaired) electrons. The van der Waals surface area contributed by atoms with Crippen LogP contribution in [0.2, 0.25) is 5.15 Å². The largest absolute Gasteiger partial charge is 0.504 e. The summed E-state index contributed by atoms with van der Waals surface area (Å²) in [5.74, 6) is -4.15. The number of pyridine rings is 1. The summed E-state index contributed by atoms with van der Waals surface area (Å²) in [6.07, 6.45) is 1.19. The molecule has 0 bridgehead atoms. The molecule has 0 amide bonds. The third kappa shape index (κ3) is 2.33. The van der Waals surface area contributed by atoms with Crippen molar-refractivity contribution in [1.29, 1.82) is 0 Å². The molecule has 20 heavy (non-hydrogen) atoms. The van der Waals surface area contributed by atoms with Gasteiger partial charge >= 0.3 is 0 Å². The fraction of sp³-hybridized carbons (Fsp3) is 0.214. The molecule has 0 saturated heterocycles. The monoisotopic (exact) mass is 301 g/mol. The van der Waals surface area contributed by atoms with Crippen LogP contribution in [0.1, 0.15) is 25.3 Å². The average Bonchev–Trinajstić information content (AvgIpc) is 2.37. The van der Waals surface area contributed by atoms with Crippen molar-refractivity contribution < 1.29 is 18.3 Å². The number of phenolic OH excluding ortho intramolecular Hbond substituents is 1. The van der Waals surface area contributed by atoms with Crippen LogP contribution in [0.25, 0.3) is 11.1 Å². The average molecular weight is 302 g/mol. The van der Waals surface area contributed by atoms with E-state index >= 15 is 0 Å². The lowest BCUT2D eigenvalue weighted by Gasteiger charge is -2.14. The van der Waals surface area contributed by atoms with E-state index in [2.05, 4.69) is 4.98 Å². The summed E-state index contributed by atoms with van der Waals surface area (Å²) in [5, 5.41) is 9.41. The second-order valence-electron chi connectivity index (χ2n) is 4.60. The molecule has 0 aliphatic rings. The Labute approximate surface area is 118 Å². The fourth-order valence-corrected chi connectivity index (χ4v) is 2.14. The highest BCUT2D eigenvalue weighted by Gasteiger charge is 2.23. The van der Waals surface area contributed by atoms with Gasteiger partial charge in [0, 0.05) is 22.9 Å². The molecule has 0 aliphatic heterocycles. The first kappa shape index (κ1) is 14.7. The van der Waals surface area contributed by atoms with Crippen molar-refractivity contribution >= 4 is 11.6 Å². The molecular weight excluding hydrogens is 291 g/mol. The van der Waals surface area contributed by atoms with Crippen LogP contribution in [0.4, 0.5) is 13.2 Å². The van der Waals surface area contributed by atoms with Crippen LogP contribution >= 0.6 is 11.6 Å². The van der Waals surface area contributed by atoms with Crippen molar-refractivity contribution in [3.63, 3.8) is 0 Å². The van der Waals surface area contributed by atoms with E-state index in [1.807, 2.05) is 0 Å². The molecule has 0 spiro atoms. The molecule has 2 nitrogen and oxygen atoms in total. The Bertz CT molecular complexity index is 674. The molecule has 1 aromatic carbocycles. The van der Waals surface area contributed by atoms with Gasteiger partial charge in [0.1, 0.15) is 5.82 Å². The number of rotatable bonds is 2. The lowest BCUT2D eigenvalue weighted by atomic mass is 9.96. The number of halogens is 4. The van der Waals surface area contributed by atoms with E-state index in [0.717, 1.165) is 6.07 Å². The van der Waals surface area contributed by atoms with Gasteiger partial charge < -0.3 is 5.11 Å². The first-order valence-corrected chi connectivity index (χ1v) is 6.23. The molecule has 6 heteroatoms. The number of hydrogen-bond acceptors (Lipinski definition) is 2. The summed E-state index contributed by atoms with van der Waals surface area (Å²) in [7, 11) is 0. The van der Waals surface area contributed by atoms with E-state index < -0.39 is 34.3 Å². The van der Waals surface area contributed by atoms with Crippen LogP contribution in [-0.2, 0) is 0 Å². The van der Waals surface area contributed by atoms with Crippen molar-refractivity contribution in [2.24, 2.45) is 0 Å². The summed E-state index contributed by atoms with van der Waals surface area (Å²) in [6, 6.07) is 2.08. The Morgan fingerprint density at radius 3 is 2.40 bits per heavy atom. The molecule has 1 heterocycles. The van der Waals surface area contributed by atoms with E-state index in [0.29, 0.717) is 0 Å². The smallest absolute Gasteiger partial charge is 0.171 e. The van der Waals surface area contributed by atoms with Gasteiger partial charge in [0.2, 0.25) is 0 Å². The quantitative estimate of drug-likeness (QED) is 0.819. The number of hydrogen-bond donors (Lipinski definition) is 1. The topological polar surface area (TPSA) is 33.1 Å². The number of phenols is 1. The van der Waals surface area contributed by atoms with Gasteiger partial charge in [-0.3, -0.25) is 0 Å². The second-order valence-corrected chi connectivity index (χ2v) is 4.96. The Morgan fingerprint density at radius 1 is 1.15 bits per heavy atom. The van der Waals surface area contributed by atoms with Gasteiger partial charge in [0.25, 0.3) is 0 Å². The van der Waals surface area contributed by atoms with Crippen molar-refractivity contribution in [1.82, 2.24) is 4.98 Å². The molecule has 0 saturated carbocycles. The highest BCUT2D eigenvalue weighted by molar-refractivity contribution is 6.29. The van der Waals surface area contributed by atoms with Crippen molar-refractivity contribution in [2.75, 3.05) is 0 Å². The molecule has 2 rings (SSSR count). The molecule has 0 aliphatic carbocycles. The minimum Gasteiger partial charge on any atom is -0.504 e. The SMILES string of the molecule is CC(C)c1c(F)cc(-c2ccnc(Cl)c2F)c(O)c1F. The van der Waals surface area contributed by atoms with Gasteiger partial charge in [0.05, 0.1) is 0 Å². The highest BCUT2D eigenvalue weighted by atomic mass is 35.5. The van der Waals surface area contributed by atoms with Crippen LogP contribution < -0.4 is 0 Å². The van der Waals surface area contributed by atoms with Gasteiger partial charge in [0.15, 0.2) is 22.5 Å². The van der Waals surface area contributed by atoms with Crippen molar-refractivity contribution in [3.8, 4) is 16.9 Å². The maximum absolute atomic E-state index is 14.0. The first-order chi connectivity index (χ1) is 9.34. The second kappa shape index (κ2) is 5.32. The number of aromatic nitrogens is 1. The molecule has 0 unspecified atom stereocenters. The lowest BCUT2D eigenvalue weighted by molar-refractivity contribution is 0.421. The predicted octanol–water partition coefficient (Wildman–Crippen LogP) is 4.65. The van der Waals surface area contributed by atoms with Crippen LogP contribution in [0.5, 0.6) is 5.75 Å².